The van der Waals surface area contributed by atoms with Crippen LogP contribution in [0.25, 0.3) is 0 Å². The zero-order valence-corrected chi connectivity index (χ0v) is 10.8. The summed E-state index contributed by atoms with van der Waals surface area (Å²) in [4.78, 5) is 11.9. The molecule has 0 aliphatic rings. The molecule has 6 heteroatoms. The molecule has 1 heterocycles. The molecule has 1 aromatic heterocycles. The lowest BCUT2D eigenvalue weighted by Crippen LogP contribution is -2.42. The lowest BCUT2D eigenvalue weighted by molar-refractivity contribution is -0.122. The lowest BCUT2D eigenvalue weighted by Gasteiger charge is -2.12. The minimum absolute atomic E-state index is 0.188. The van der Waals surface area contributed by atoms with Crippen molar-refractivity contribution in [1.82, 2.24) is 20.1 Å². The first-order valence-corrected chi connectivity index (χ1v) is 6.07. The van der Waals surface area contributed by atoms with Crippen LogP contribution in [0.5, 0.6) is 0 Å². The standard InChI is InChI=1S/C13H17N5O/c1-18-9-16-17-12(18)8-15-13(19)11(14)7-10-5-3-2-4-6-10/h2-6,9,11H,7-8,14H2,1H3,(H,15,19)/t11-/m1/s1. The maximum Gasteiger partial charge on any atom is 0.237 e. The number of hydrogen-bond acceptors (Lipinski definition) is 4. The van der Waals surface area contributed by atoms with Crippen LogP contribution < -0.4 is 11.1 Å². The zero-order valence-electron chi connectivity index (χ0n) is 10.8. The number of aromatic nitrogens is 3. The Labute approximate surface area is 111 Å². The number of carbonyl (C=O) groups is 1. The van der Waals surface area contributed by atoms with E-state index in [9.17, 15) is 4.79 Å². The third-order valence-corrected chi connectivity index (χ3v) is 2.86. The second-order valence-electron chi connectivity index (χ2n) is 4.37. The fourth-order valence-electron chi connectivity index (χ4n) is 1.73. The van der Waals surface area contributed by atoms with E-state index >= 15 is 0 Å². The number of nitrogens with one attached hydrogen (secondary N) is 1. The van der Waals surface area contributed by atoms with Crippen molar-refractivity contribution in [3.8, 4) is 0 Å². The maximum atomic E-state index is 11.9. The van der Waals surface area contributed by atoms with Crippen LogP contribution in [0.4, 0.5) is 0 Å². The molecule has 0 saturated carbocycles. The van der Waals surface area contributed by atoms with Crippen LogP contribution in [-0.2, 0) is 24.8 Å². The first kappa shape index (κ1) is 13.2. The number of carbonyl (C=O) groups excluding carboxylic acids is 1. The molecule has 3 N–H and O–H groups in total. The first-order chi connectivity index (χ1) is 9.16. The SMILES string of the molecule is Cn1cnnc1CNC(=O)[C@H](N)Cc1ccccc1. The van der Waals surface area contributed by atoms with Gasteiger partial charge in [-0.25, -0.2) is 0 Å². The van der Waals surface area contributed by atoms with Gasteiger partial charge in [-0.05, 0) is 12.0 Å². The summed E-state index contributed by atoms with van der Waals surface area (Å²) in [5.41, 5.74) is 6.92. The molecule has 1 atom stereocenters. The Morgan fingerprint density at radius 2 is 2.16 bits per heavy atom. The molecule has 0 spiro atoms. The molecule has 19 heavy (non-hydrogen) atoms. The Balaban J connectivity index is 1.84. The van der Waals surface area contributed by atoms with Crippen LogP contribution in [0.15, 0.2) is 36.7 Å². The Morgan fingerprint density at radius 3 is 2.79 bits per heavy atom. The summed E-state index contributed by atoms with van der Waals surface area (Å²) in [6, 6.07) is 9.14. The number of nitrogens with zero attached hydrogens (tertiary/aromatic N) is 3. The predicted octanol–water partition coefficient (Wildman–Crippen LogP) is 0.00130. The Bertz CT molecular complexity index is 537. The van der Waals surface area contributed by atoms with Gasteiger partial charge in [0.1, 0.15) is 6.33 Å². The summed E-state index contributed by atoms with van der Waals surface area (Å²) in [6.07, 6.45) is 2.11. The lowest BCUT2D eigenvalue weighted by atomic mass is 10.1. The Hall–Kier alpha value is -2.21. The second kappa shape index (κ2) is 6.10. The topological polar surface area (TPSA) is 85.8 Å². The van der Waals surface area contributed by atoms with Gasteiger partial charge < -0.3 is 15.6 Å². The molecule has 0 saturated heterocycles. The fourth-order valence-corrected chi connectivity index (χ4v) is 1.73. The monoisotopic (exact) mass is 259 g/mol. The van der Waals surface area contributed by atoms with Gasteiger partial charge in [-0.2, -0.15) is 0 Å². The molecule has 0 fully saturated rings. The van der Waals surface area contributed by atoms with Crippen molar-refractivity contribution in [2.75, 3.05) is 0 Å². The zero-order chi connectivity index (χ0) is 13.7. The molecular formula is C13H17N5O. The molecule has 6 nitrogen and oxygen atoms in total. The van der Waals surface area contributed by atoms with Gasteiger partial charge in [0.05, 0.1) is 12.6 Å². The molecule has 0 aliphatic heterocycles. The molecule has 0 aliphatic carbocycles. The number of amides is 1. The van der Waals surface area contributed by atoms with Crippen molar-refractivity contribution in [3.05, 3.63) is 48.0 Å². The fraction of sp³-hybridized carbons (Fsp3) is 0.308. The molecule has 2 rings (SSSR count). The molecule has 2 aromatic rings. The molecule has 100 valence electrons. The van der Waals surface area contributed by atoms with E-state index in [1.807, 2.05) is 37.4 Å². The smallest absolute Gasteiger partial charge is 0.237 e. The van der Waals surface area contributed by atoms with Gasteiger partial charge in [0, 0.05) is 7.05 Å². The van der Waals surface area contributed by atoms with Crippen LogP contribution in [0.3, 0.4) is 0 Å². The molecule has 1 aromatic carbocycles. The van der Waals surface area contributed by atoms with E-state index in [-0.39, 0.29) is 5.91 Å². The normalized spacial score (nSPS) is 12.1. The summed E-state index contributed by atoms with van der Waals surface area (Å²) >= 11 is 0. The molecule has 0 radical (unpaired) electrons. The van der Waals surface area contributed by atoms with Crippen molar-refractivity contribution in [3.63, 3.8) is 0 Å². The highest BCUT2D eigenvalue weighted by Crippen LogP contribution is 2.02. The van der Waals surface area contributed by atoms with Crippen molar-refractivity contribution in [2.24, 2.45) is 12.8 Å². The van der Waals surface area contributed by atoms with Crippen molar-refractivity contribution >= 4 is 5.91 Å². The third kappa shape index (κ3) is 3.62. The minimum Gasteiger partial charge on any atom is -0.347 e. The van der Waals surface area contributed by atoms with Gasteiger partial charge in [-0.3, -0.25) is 4.79 Å². The van der Waals surface area contributed by atoms with Gasteiger partial charge in [0.2, 0.25) is 5.91 Å². The van der Waals surface area contributed by atoms with Crippen LogP contribution >= 0.6 is 0 Å². The van der Waals surface area contributed by atoms with E-state index in [2.05, 4.69) is 15.5 Å². The highest BCUT2D eigenvalue weighted by molar-refractivity contribution is 5.81. The van der Waals surface area contributed by atoms with Gasteiger partial charge in [-0.15, -0.1) is 10.2 Å². The molecule has 1 amide bonds. The van der Waals surface area contributed by atoms with Gasteiger partial charge in [0.15, 0.2) is 5.82 Å². The minimum atomic E-state index is -0.560. The number of rotatable bonds is 5. The van der Waals surface area contributed by atoms with Crippen molar-refractivity contribution < 1.29 is 4.79 Å². The summed E-state index contributed by atoms with van der Waals surface area (Å²) in [7, 11) is 1.82. The van der Waals surface area contributed by atoms with Crippen LogP contribution in [0.1, 0.15) is 11.4 Å². The summed E-state index contributed by atoms with van der Waals surface area (Å²) in [6.45, 7) is 0.331. The van der Waals surface area contributed by atoms with Crippen LogP contribution in [0, 0.1) is 0 Å². The maximum absolute atomic E-state index is 11.9. The molecule has 0 bridgehead atoms. The summed E-state index contributed by atoms with van der Waals surface area (Å²) in [5.74, 6) is 0.507. The van der Waals surface area contributed by atoms with Gasteiger partial charge in [-0.1, -0.05) is 30.3 Å². The Morgan fingerprint density at radius 1 is 1.42 bits per heavy atom. The number of hydrogen-bond donors (Lipinski definition) is 2. The van der Waals surface area contributed by atoms with Crippen LogP contribution in [-0.4, -0.2) is 26.7 Å². The van der Waals surface area contributed by atoms with E-state index < -0.39 is 6.04 Å². The number of benzene rings is 1. The van der Waals surface area contributed by atoms with E-state index in [4.69, 9.17) is 5.73 Å². The quantitative estimate of drug-likeness (QED) is 0.791. The van der Waals surface area contributed by atoms with Crippen molar-refractivity contribution in [1.29, 1.82) is 0 Å². The largest absolute Gasteiger partial charge is 0.347 e. The molecule has 0 unspecified atom stereocenters. The average Bonchev–Trinajstić information content (AvgIpc) is 2.82. The van der Waals surface area contributed by atoms with Crippen molar-refractivity contribution in [2.45, 2.75) is 19.0 Å². The second-order valence-corrected chi connectivity index (χ2v) is 4.37. The summed E-state index contributed by atoms with van der Waals surface area (Å²) < 4.78 is 1.75. The van der Waals surface area contributed by atoms with Crippen LogP contribution in [0.2, 0.25) is 0 Å². The van der Waals surface area contributed by atoms with Gasteiger partial charge >= 0.3 is 0 Å². The number of aryl methyl sites for hydroxylation is 1. The average molecular weight is 259 g/mol. The summed E-state index contributed by atoms with van der Waals surface area (Å²) in [5, 5.41) is 10.4. The van der Waals surface area contributed by atoms with E-state index in [0.717, 1.165) is 5.56 Å². The van der Waals surface area contributed by atoms with Gasteiger partial charge in [0.25, 0.3) is 0 Å². The van der Waals surface area contributed by atoms with E-state index in [1.54, 1.807) is 10.9 Å². The van der Waals surface area contributed by atoms with E-state index in [1.165, 1.54) is 0 Å². The predicted molar refractivity (Wildman–Crippen MR) is 71.0 cm³/mol. The molecular weight excluding hydrogens is 242 g/mol. The number of nitrogens with two attached hydrogens (primary N) is 1. The van der Waals surface area contributed by atoms with E-state index in [0.29, 0.717) is 18.8 Å². The third-order valence-electron chi connectivity index (χ3n) is 2.86. The highest BCUT2D eigenvalue weighted by atomic mass is 16.2. The highest BCUT2D eigenvalue weighted by Gasteiger charge is 2.14. The Kier molecular flexibility index (Phi) is 4.25. The first-order valence-electron chi connectivity index (χ1n) is 6.07.